The summed E-state index contributed by atoms with van der Waals surface area (Å²) in [5.74, 6) is -2.79. The van der Waals surface area contributed by atoms with Crippen LogP contribution >= 0.6 is 11.8 Å². The van der Waals surface area contributed by atoms with Crippen LogP contribution in [0.2, 0.25) is 0 Å². The van der Waals surface area contributed by atoms with Gasteiger partial charge in [0.25, 0.3) is 0 Å². The number of benzene rings is 1. The highest BCUT2D eigenvalue weighted by atomic mass is 32.2. The molecule has 0 radical (unpaired) electrons. The molecule has 1 fully saturated rings. The minimum Gasteiger partial charge on any atom is -0.307 e. The number of carbonyl (C=O) groups excluding carboxylic acids is 2. The summed E-state index contributed by atoms with van der Waals surface area (Å²) in [6.45, 7) is 1.41. The van der Waals surface area contributed by atoms with Gasteiger partial charge in [0, 0.05) is 31.7 Å². The lowest BCUT2D eigenvalue weighted by Crippen LogP contribution is -2.27. The zero-order valence-corrected chi connectivity index (χ0v) is 12.4. The molecular formula is C13H12F2N2O4S. The lowest BCUT2D eigenvalue weighted by atomic mass is 10.1. The van der Waals surface area contributed by atoms with E-state index in [1.165, 1.54) is 6.92 Å². The first-order chi connectivity index (χ1) is 10.3. The highest BCUT2D eigenvalue weighted by Gasteiger charge is 2.36. The van der Waals surface area contributed by atoms with Crippen LogP contribution in [0.15, 0.2) is 12.1 Å². The molecule has 1 unspecified atom stereocenters. The van der Waals surface area contributed by atoms with Gasteiger partial charge in [0.05, 0.1) is 4.92 Å². The monoisotopic (exact) mass is 330 g/mol. The molecule has 118 valence electrons. The average Bonchev–Trinajstić information content (AvgIpc) is 2.77. The van der Waals surface area contributed by atoms with Gasteiger partial charge in [-0.2, -0.15) is 4.39 Å². The van der Waals surface area contributed by atoms with Crippen molar-refractivity contribution in [2.75, 3.05) is 17.2 Å². The highest BCUT2D eigenvalue weighted by Crippen LogP contribution is 2.34. The van der Waals surface area contributed by atoms with Crippen LogP contribution in [0.4, 0.5) is 20.2 Å². The van der Waals surface area contributed by atoms with Gasteiger partial charge in [-0.3, -0.25) is 19.7 Å². The molecule has 1 aliphatic rings. The van der Waals surface area contributed by atoms with Crippen LogP contribution in [0, 0.1) is 27.7 Å². The van der Waals surface area contributed by atoms with Crippen LogP contribution in [-0.4, -0.2) is 28.2 Å². The molecule has 1 aromatic rings. The Morgan fingerprint density at radius 1 is 1.50 bits per heavy atom. The molecule has 22 heavy (non-hydrogen) atoms. The first-order valence-electron chi connectivity index (χ1n) is 6.37. The van der Waals surface area contributed by atoms with Crippen molar-refractivity contribution >= 4 is 34.2 Å². The molecule has 2 rings (SSSR count). The molecule has 0 bridgehead atoms. The summed E-state index contributed by atoms with van der Waals surface area (Å²) < 4.78 is 28.0. The number of amides is 1. The molecule has 1 heterocycles. The summed E-state index contributed by atoms with van der Waals surface area (Å²) in [5, 5.41) is 10.6. The number of carbonyl (C=O) groups is 2. The number of thioether (sulfide) groups is 1. The van der Waals surface area contributed by atoms with Crippen molar-refractivity contribution < 1.29 is 23.3 Å². The minimum absolute atomic E-state index is 0.0219. The Morgan fingerprint density at radius 3 is 2.77 bits per heavy atom. The van der Waals surface area contributed by atoms with Crippen LogP contribution in [0.5, 0.6) is 0 Å². The fraction of sp³-hybridized carbons (Fsp3) is 0.385. The number of halogens is 2. The van der Waals surface area contributed by atoms with E-state index >= 15 is 0 Å². The van der Waals surface area contributed by atoms with Gasteiger partial charge >= 0.3 is 5.69 Å². The molecule has 0 N–H and O–H groups in total. The molecule has 0 aromatic heterocycles. The molecule has 0 spiro atoms. The SMILES string of the molecule is CC(=O)SCC1CC(=O)N(c2c(F)ccc([N+](=O)[O-])c2F)C1. The van der Waals surface area contributed by atoms with Crippen LogP contribution in [0.25, 0.3) is 0 Å². The van der Waals surface area contributed by atoms with Crippen LogP contribution in [0.3, 0.4) is 0 Å². The van der Waals surface area contributed by atoms with Crippen LogP contribution in [-0.2, 0) is 9.59 Å². The number of hydrogen-bond acceptors (Lipinski definition) is 5. The van der Waals surface area contributed by atoms with Gasteiger partial charge in [-0.25, -0.2) is 4.39 Å². The minimum atomic E-state index is -1.36. The molecule has 0 saturated carbocycles. The van der Waals surface area contributed by atoms with Gasteiger partial charge in [-0.05, 0) is 12.0 Å². The predicted octanol–water partition coefficient (Wildman–Crippen LogP) is 2.51. The third-order valence-electron chi connectivity index (χ3n) is 3.24. The van der Waals surface area contributed by atoms with Gasteiger partial charge in [0.1, 0.15) is 11.5 Å². The van der Waals surface area contributed by atoms with E-state index in [1.807, 2.05) is 0 Å². The number of rotatable bonds is 4. The zero-order valence-electron chi connectivity index (χ0n) is 11.5. The quantitative estimate of drug-likeness (QED) is 0.626. The Morgan fingerprint density at radius 2 is 2.18 bits per heavy atom. The Hall–Kier alpha value is -2.03. The third-order valence-corrected chi connectivity index (χ3v) is 4.29. The van der Waals surface area contributed by atoms with Gasteiger partial charge < -0.3 is 4.90 Å². The molecule has 1 amide bonds. The summed E-state index contributed by atoms with van der Waals surface area (Å²) in [7, 11) is 0. The van der Waals surface area contributed by atoms with Crippen molar-refractivity contribution in [3.05, 3.63) is 33.9 Å². The maximum absolute atomic E-state index is 14.1. The van der Waals surface area contributed by atoms with E-state index in [1.54, 1.807) is 0 Å². The molecule has 9 heteroatoms. The van der Waals surface area contributed by atoms with Gasteiger partial charge in [-0.15, -0.1) is 0 Å². The number of nitrogens with zero attached hydrogens (tertiary/aromatic N) is 2. The maximum atomic E-state index is 14.1. The van der Waals surface area contributed by atoms with Crippen molar-refractivity contribution in [1.82, 2.24) is 0 Å². The molecule has 6 nitrogen and oxygen atoms in total. The predicted molar refractivity (Wildman–Crippen MR) is 76.6 cm³/mol. The molecular weight excluding hydrogens is 318 g/mol. The normalized spacial score (nSPS) is 17.9. The van der Waals surface area contributed by atoms with E-state index in [4.69, 9.17) is 0 Å². The van der Waals surface area contributed by atoms with E-state index in [2.05, 4.69) is 0 Å². The summed E-state index contributed by atoms with van der Waals surface area (Å²) in [6, 6.07) is 1.49. The average molecular weight is 330 g/mol. The van der Waals surface area contributed by atoms with Crippen molar-refractivity contribution in [1.29, 1.82) is 0 Å². The first-order valence-corrected chi connectivity index (χ1v) is 7.36. The Bertz CT molecular complexity index is 653. The molecule has 1 aromatic carbocycles. The maximum Gasteiger partial charge on any atom is 0.307 e. The van der Waals surface area contributed by atoms with Crippen molar-refractivity contribution in [3.8, 4) is 0 Å². The summed E-state index contributed by atoms with van der Waals surface area (Å²) in [5.41, 5.74) is -1.58. The number of hydrogen-bond donors (Lipinski definition) is 0. The second kappa shape index (κ2) is 6.39. The van der Waals surface area contributed by atoms with Crippen molar-refractivity contribution in [2.24, 2.45) is 5.92 Å². The third kappa shape index (κ3) is 3.24. The fourth-order valence-electron chi connectivity index (χ4n) is 2.26. The molecule has 1 atom stereocenters. The van der Waals surface area contributed by atoms with Gasteiger partial charge in [-0.1, -0.05) is 11.8 Å². The summed E-state index contributed by atoms with van der Waals surface area (Å²) >= 11 is 1.03. The second-order valence-electron chi connectivity index (χ2n) is 4.86. The van der Waals surface area contributed by atoms with Crippen LogP contribution in [0.1, 0.15) is 13.3 Å². The smallest absolute Gasteiger partial charge is 0.307 e. The Labute approximate surface area is 128 Å². The van der Waals surface area contributed by atoms with Gasteiger partial charge in [0.15, 0.2) is 5.12 Å². The lowest BCUT2D eigenvalue weighted by Gasteiger charge is -2.18. The largest absolute Gasteiger partial charge is 0.307 e. The zero-order chi connectivity index (χ0) is 16.4. The van der Waals surface area contributed by atoms with Gasteiger partial charge in [0.2, 0.25) is 11.7 Å². The van der Waals surface area contributed by atoms with Crippen molar-refractivity contribution in [2.45, 2.75) is 13.3 Å². The molecule has 1 saturated heterocycles. The second-order valence-corrected chi connectivity index (χ2v) is 6.06. The van der Waals surface area contributed by atoms with E-state index in [-0.39, 0.29) is 24.0 Å². The van der Waals surface area contributed by atoms with E-state index < -0.39 is 33.8 Å². The number of nitro groups is 1. The Balaban J connectivity index is 2.28. The topological polar surface area (TPSA) is 80.5 Å². The molecule has 1 aliphatic heterocycles. The van der Waals surface area contributed by atoms with E-state index in [9.17, 15) is 28.5 Å². The van der Waals surface area contributed by atoms with E-state index in [0.717, 1.165) is 28.8 Å². The standard InChI is InChI=1S/C13H12F2N2O4S/c1-7(18)22-6-8-4-11(19)16(5-8)13-9(14)2-3-10(12(13)15)17(20)21/h2-3,8H,4-6H2,1H3. The van der Waals surface area contributed by atoms with Crippen LogP contribution < -0.4 is 4.90 Å². The summed E-state index contributed by atoms with van der Waals surface area (Å²) in [4.78, 5) is 33.5. The first kappa shape index (κ1) is 16.3. The number of nitro benzene ring substituents is 1. The fourth-order valence-corrected chi connectivity index (χ4v) is 2.96. The Kier molecular flexibility index (Phi) is 4.74. The number of anilines is 1. The van der Waals surface area contributed by atoms with E-state index in [0.29, 0.717) is 5.75 Å². The van der Waals surface area contributed by atoms with Crippen molar-refractivity contribution in [3.63, 3.8) is 0 Å². The highest BCUT2D eigenvalue weighted by molar-refractivity contribution is 8.13. The molecule has 0 aliphatic carbocycles. The summed E-state index contributed by atoms with van der Waals surface area (Å²) in [6.07, 6.45) is 0.0435. The lowest BCUT2D eigenvalue weighted by molar-refractivity contribution is -0.387.